The molecule has 0 amide bonds. The molecule has 29 heavy (non-hydrogen) atoms. The molecular weight excluding hydrogens is 366 g/mol. The lowest BCUT2D eigenvalue weighted by molar-refractivity contribution is 0.407. The van der Waals surface area contributed by atoms with Gasteiger partial charge in [-0.15, -0.1) is 0 Å². The number of imidazole rings is 1. The highest BCUT2D eigenvalue weighted by Gasteiger charge is 2.21. The van der Waals surface area contributed by atoms with Crippen molar-refractivity contribution in [2.45, 2.75) is 32.9 Å². The van der Waals surface area contributed by atoms with Crippen LogP contribution in [0, 0.1) is 6.92 Å². The number of hydrogen-bond donors (Lipinski definition) is 1. The maximum Gasteiger partial charge on any atom is 0.344 e. The van der Waals surface area contributed by atoms with Crippen molar-refractivity contribution in [3.8, 4) is 11.5 Å². The van der Waals surface area contributed by atoms with Crippen molar-refractivity contribution in [2.75, 3.05) is 18.0 Å². The molecule has 4 heterocycles. The summed E-state index contributed by atoms with van der Waals surface area (Å²) in [5.74, 6) is 0.459. The quantitative estimate of drug-likeness (QED) is 0.568. The van der Waals surface area contributed by atoms with E-state index in [1.807, 2.05) is 41.9 Å². The first-order valence-corrected chi connectivity index (χ1v) is 9.87. The van der Waals surface area contributed by atoms with Gasteiger partial charge >= 0.3 is 5.63 Å². The molecule has 1 fully saturated rings. The van der Waals surface area contributed by atoms with Crippen molar-refractivity contribution in [1.29, 1.82) is 0 Å². The number of nitrogens with one attached hydrogen (secondary N) is 1. The smallest absolute Gasteiger partial charge is 0.344 e. The van der Waals surface area contributed by atoms with E-state index in [9.17, 15) is 4.79 Å². The maximum atomic E-state index is 12.8. The molecule has 2 atom stereocenters. The first kappa shape index (κ1) is 17.9. The molecule has 5 rings (SSSR count). The van der Waals surface area contributed by atoms with Gasteiger partial charge in [-0.1, -0.05) is 6.07 Å². The number of anilines is 1. The predicted octanol–water partition coefficient (Wildman–Crippen LogP) is 3.00. The summed E-state index contributed by atoms with van der Waals surface area (Å²) in [7, 11) is 0. The molecule has 0 spiro atoms. The number of aryl methyl sites for hydroxylation is 1. The molecule has 1 saturated heterocycles. The fraction of sp³-hybridized carbons (Fsp3) is 0.318. The highest BCUT2D eigenvalue weighted by atomic mass is 16.4. The fourth-order valence-corrected chi connectivity index (χ4v) is 4.15. The normalized spacial score (nSPS) is 19.9. The van der Waals surface area contributed by atoms with Crippen LogP contribution in [0.25, 0.3) is 27.9 Å². The Kier molecular flexibility index (Phi) is 4.13. The summed E-state index contributed by atoms with van der Waals surface area (Å²) in [6.07, 6.45) is 5.46. The number of benzene rings is 1. The van der Waals surface area contributed by atoms with Crippen LogP contribution in [0.3, 0.4) is 0 Å². The fourth-order valence-electron chi connectivity index (χ4n) is 4.15. The summed E-state index contributed by atoms with van der Waals surface area (Å²) in [5, 5.41) is 4.97. The van der Waals surface area contributed by atoms with E-state index >= 15 is 0 Å². The van der Waals surface area contributed by atoms with Gasteiger partial charge in [0, 0.05) is 43.3 Å². The Morgan fingerprint density at radius 1 is 1.14 bits per heavy atom. The molecule has 7 heteroatoms. The highest BCUT2D eigenvalue weighted by molar-refractivity contribution is 5.87. The lowest BCUT2D eigenvalue weighted by Gasteiger charge is -2.37. The molecule has 3 aromatic heterocycles. The van der Waals surface area contributed by atoms with E-state index in [0.717, 1.165) is 29.9 Å². The van der Waals surface area contributed by atoms with Gasteiger partial charge in [0.25, 0.3) is 0 Å². The highest BCUT2D eigenvalue weighted by Crippen LogP contribution is 2.26. The molecule has 0 aliphatic carbocycles. The van der Waals surface area contributed by atoms with Crippen LogP contribution >= 0.6 is 0 Å². The van der Waals surface area contributed by atoms with Gasteiger partial charge in [0.15, 0.2) is 11.4 Å². The zero-order valence-corrected chi connectivity index (χ0v) is 16.7. The standard InChI is InChI=1S/C22H23N5O2/c1-13-9-27-12-19(25-21(27)8-23-13)20-6-16-4-5-17(7-18(16)22(28)29-20)26-10-14(2)24-15(3)11-26/h4-9,12,14-15,24H,10-11H2,1-3H3. The third-order valence-corrected chi connectivity index (χ3v) is 5.39. The van der Waals surface area contributed by atoms with Gasteiger partial charge in [-0.2, -0.15) is 0 Å². The Morgan fingerprint density at radius 3 is 2.72 bits per heavy atom. The van der Waals surface area contributed by atoms with Crippen molar-refractivity contribution in [3.63, 3.8) is 0 Å². The maximum absolute atomic E-state index is 12.8. The van der Waals surface area contributed by atoms with Crippen LogP contribution in [0.1, 0.15) is 19.5 Å². The van der Waals surface area contributed by atoms with Gasteiger partial charge in [0.2, 0.25) is 0 Å². The summed E-state index contributed by atoms with van der Waals surface area (Å²) >= 11 is 0. The van der Waals surface area contributed by atoms with Crippen LogP contribution in [-0.4, -0.2) is 39.5 Å². The van der Waals surface area contributed by atoms with Crippen LogP contribution in [0.5, 0.6) is 0 Å². The van der Waals surface area contributed by atoms with Crippen LogP contribution in [-0.2, 0) is 0 Å². The van der Waals surface area contributed by atoms with Crippen molar-refractivity contribution >= 4 is 22.1 Å². The van der Waals surface area contributed by atoms with E-state index in [2.05, 4.69) is 40.1 Å². The Bertz CT molecular complexity index is 1270. The Labute approximate surface area is 168 Å². The molecule has 148 valence electrons. The van der Waals surface area contributed by atoms with Crippen LogP contribution < -0.4 is 15.8 Å². The summed E-state index contributed by atoms with van der Waals surface area (Å²) in [6, 6.07) is 8.69. The van der Waals surface area contributed by atoms with Crippen molar-refractivity contribution < 1.29 is 4.42 Å². The molecule has 1 aliphatic rings. The number of fused-ring (bicyclic) bond motifs is 2. The van der Waals surface area contributed by atoms with Gasteiger partial charge in [0.1, 0.15) is 5.69 Å². The molecule has 1 aliphatic heterocycles. The molecule has 0 bridgehead atoms. The number of rotatable bonds is 2. The van der Waals surface area contributed by atoms with E-state index < -0.39 is 0 Å². The molecule has 0 saturated carbocycles. The monoisotopic (exact) mass is 389 g/mol. The zero-order chi connectivity index (χ0) is 20.1. The van der Waals surface area contributed by atoms with E-state index in [1.165, 1.54) is 0 Å². The molecule has 1 aromatic carbocycles. The Hall–Kier alpha value is -3.19. The average molecular weight is 389 g/mol. The van der Waals surface area contributed by atoms with Gasteiger partial charge < -0.3 is 19.0 Å². The van der Waals surface area contributed by atoms with Gasteiger partial charge in [-0.3, -0.25) is 4.98 Å². The molecule has 4 aromatic rings. The van der Waals surface area contributed by atoms with Crippen LogP contribution in [0.2, 0.25) is 0 Å². The lowest BCUT2D eigenvalue weighted by Crippen LogP contribution is -2.54. The second kappa shape index (κ2) is 6.70. The van der Waals surface area contributed by atoms with Gasteiger partial charge in [-0.25, -0.2) is 9.78 Å². The zero-order valence-electron chi connectivity index (χ0n) is 16.7. The van der Waals surface area contributed by atoms with Crippen molar-refractivity contribution in [1.82, 2.24) is 19.7 Å². The minimum Gasteiger partial charge on any atom is -0.421 e. The Balaban J connectivity index is 1.55. The lowest BCUT2D eigenvalue weighted by atomic mass is 10.1. The van der Waals surface area contributed by atoms with E-state index in [0.29, 0.717) is 34.6 Å². The van der Waals surface area contributed by atoms with E-state index in [1.54, 1.807) is 6.20 Å². The molecule has 0 radical (unpaired) electrons. The van der Waals surface area contributed by atoms with Crippen LogP contribution in [0.15, 0.2) is 52.1 Å². The average Bonchev–Trinajstić information content (AvgIpc) is 3.10. The van der Waals surface area contributed by atoms with Gasteiger partial charge in [-0.05, 0) is 44.4 Å². The number of nitrogens with zero attached hydrogens (tertiary/aromatic N) is 4. The van der Waals surface area contributed by atoms with Crippen molar-refractivity contribution in [2.24, 2.45) is 0 Å². The molecule has 2 unspecified atom stereocenters. The minimum atomic E-state index is -0.345. The largest absolute Gasteiger partial charge is 0.421 e. The molecule has 1 N–H and O–H groups in total. The summed E-state index contributed by atoms with van der Waals surface area (Å²) < 4.78 is 7.52. The molecular formula is C22H23N5O2. The third-order valence-electron chi connectivity index (χ3n) is 5.39. The third kappa shape index (κ3) is 3.27. The van der Waals surface area contributed by atoms with Gasteiger partial charge in [0.05, 0.1) is 17.3 Å². The van der Waals surface area contributed by atoms with Crippen molar-refractivity contribution in [3.05, 3.63) is 59.0 Å². The van der Waals surface area contributed by atoms with E-state index in [-0.39, 0.29) is 5.63 Å². The number of aromatic nitrogens is 3. The second-order valence-electron chi connectivity index (χ2n) is 7.96. The Morgan fingerprint density at radius 2 is 1.93 bits per heavy atom. The summed E-state index contributed by atoms with van der Waals surface area (Å²) in [5.41, 5.74) is 2.93. The SMILES string of the molecule is Cc1cn2cc(-c3cc4ccc(N5CC(C)NC(C)C5)cc4c(=O)o3)nc2cn1. The number of piperazine rings is 1. The number of hydrogen-bond acceptors (Lipinski definition) is 6. The minimum absolute atomic E-state index is 0.345. The van der Waals surface area contributed by atoms with Crippen LogP contribution in [0.4, 0.5) is 5.69 Å². The van der Waals surface area contributed by atoms with E-state index in [4.69, 9.17) is 4.42 Å². The second-order valence-corrected chi connectivity index (χ2v) is 7.96. The topological polar surface area (TPSA) is 75.7 Å². The summed E-state index contributed by atoms with van der Waals surface area (Å²) in [6.45, 7) is 8.10. The predicted molar refractivity (Wildman–Crippen MR) is 113 cm³/mol. The first-order valence-electron chi connectivity index (χ1n) is 9.87. The first-order chi connectivity index (χ1) is 14.0. The summed E-state index contributed by atoms with van der Waals surface area (Å²) in [4.78, 5) is 23.9. The molecule has 7 nitrogen and oxygen atoms in total.